The summed E-state index contributed by atoms with van der Waals surface area (Å²) in [5, 5.41) is 13.2. The van der Waals surface area contributed by atoms with E-state index in [4.69, 9.17) is 11.1 Å². The molecular formula is C14H18ClN5OS. The third-order valence-electron chi connectivity index (χ3n) is 2.73. The molecule has 8 heteroatoms. The molecule has 0 aliphatic rings. The van der Waals surface area contributed by atoms with Crippen molar-refractivity contribution < 1.29 is 4.79 Å². The van der Waals surface area contributed by atoms with Crippen molar-refractivity contribution in [2.24, 2.45) is 5.73 Å². The van der Waals surface area contributed by atoms with E-state index in [-0.39, 0.29) is 24.3 Å². The molecule has 5 N–H and O–H groups in total. The number of benzene rings is 1. The monoisotopic (exact) mass is 339 g/mol. The predicted octanol–water partition coefficient (Wildman–Crippen LogP) is 2.61. The highest BCUT2D eigenvalue weighted by Crippen LogP contribution is 2.20. The van der Waals surface area contributed by atoms with E-state index < -0.39 is 0 Å². The lowest BCUT2D eigenvalue weighted by Crippen LogP contribution is -2.20. The molecule has 6 nitrogen and oxygen atoms in total. The number of hydrogen-bond acceptors (Lipinski definition) is 4. The summed E-state index contributed by atoms with van der Waals surface area (Å²) in [6.45, 7) is 1.47. The summed E-state index contributed by atoms with van der Waals surface area (Å²) in [7, 11) is 0. The van der Waals surface area contributed by atoms with Crippen molar-refractivity contribution in [3.63, 3.8) is 0 Å². The Balaban J connectivity index is 0.00000242. The van der Waals surface area contributed by atoms with Gasteiger partial charge in [-0.05, 0) is 30.5 Å². The summed E-state index contributed by atoms with van der Waals surface area (Å²) in [6, 6.07) is 7.79. The van der Waals surface area contributed by atoms with Gasteiger partial charge in [0, 0.05) is 23.7 Å². The molecule has 118 valence electrons. The quantitative estimate of drug-likeness (QED) is 0.496. The molecule has 0 radical (unpaired) electrons. The number of hydrogen-bond donors (Lipinski definition) is 4. The summed E-state index contributed by atoms with van der Waals surface area (Å²) in [4.78, 5) is 16.2. The van der Waals surface area contributed by atoms with E-state index in [1.54, 1.807) is 6.20 Å². The smallest absolute Gasteiger partial charge is 0.223 e. The zero-order valence-electron chi connectivity index (χ0n) is 12.1. The van der Waals surface area contributed by atoms with Crippen LogP contribution in [-0.4, -0.2) is 16.9 Å². The van der Waals surface area contributed by atoms with Gasteiger partial charge in [-0.15, -0.1) is 23.7 Å². The maximum Gasteiger partial charge on any atom is 0.223 e. The third-order valence-corrected chi connectivity index (χ3v) is 3.70. The highest BCUT2D eigenvalue weighted by Gasteiger charge is 2.04. The second kappa shape index (κ2) is 8.35. The second-order valence-electron chi connectivity index (χ2n) is 4.55. The first-order valence-corrected chi connectivity index (χ1v) is 7.27. The standard InChI is InChI=1S/C14H17N5OS.ClH/c1-9(20)18-14-17-8-12(21-14)7-4-10-2-5-11(6-3-10)19-13(15)16;/h2-3,5-6,8H,4,7H2,1H3,(H4,15,16,19)(H,17,18,20);1H. The van der Waals surface area contributed by atoms with Crippen LogP contribution >= 0.6 is 23.7 Å². The van der Waals surface area contributed by atoms with Gasteiger partial charge in [-0.3, -0.25) is 10.2 Å². The van der Waals surface area contributed by atoms with Crippen LogP contribution in [0.4, 0.5) is 10.8 Å². The summed E-state index contributed by atoms with van der Waals surface area (Å²) in [6.07, 6.45) is 3.56. The molecule has 2 aromatic rings. The number of guanidine groups is 1. The minimum absolute atomic E-state index is 0. The van der Waals surface area contributed by atoms with E-state index in [9.17, 15) is 4.79 Å². The molecule has 0 atom stereocenters. The molecule has 0 saturated heterocycles. The van der Waals surface area contributed by atoms with E-state index in [0.717, 1.165) is 23.4 Å². The van der Waals surface area contributed by atoms with Gasteiger partial charge in [0.2, 0.25) is 5.91 Å². The van der Waals surface area contributed by atoms with Gasteiger partial charge in [-0.25, -0.2) is 4.98 Å². The molecule has 0 bridgehead atoms. The summed E-state index contributed by atoms with van der Waals surface area (Å²) >= 11 is 1.49. The average molecular weight is 340 g/mol. The van der Waals surface area contributed by atoms with Crippen LogP contribution in [-0.2, 0) is 17.6 Å². The first-order valence-electron chi connectivity index (χ1n) is 6.45. The lowest BCUT2D eigenvalue weighted by Gasteiger charge is -2.05. The van der Waals surface area contributed by atoms with Crippen LogP contribution in [0.1, 0.15) is 17.4 Å². The van der Waals surface area contributed by atoms with Crippen molar-refractivity contribution in [2.45, 2.75) is 19.8 Å². The van der Waals surface area contributed by atoms with Crippen molar-refractivity contribution in [2.75, 3.05) is 10.6 Å². The van der Waals surface area contributed by atoms with E-state index in [0.29, 0.717) is 5.13 Å². The van der Waals surface area contributed by atoms with E-state index in [1.807, 2.05) is 24.3 Å². The van der Waals surface area contributed by atoms with Gasteiger partial charge in [-0.2, -0.15) is 0 Å². The fourth-order valence-corrected chi connectivity index (χ4v) is 2.67. The lowest BCUT2D eigenvalue weighted by atomic mass is 10.1. The number of aromatic nitrogens is 1. The molecular weight excluding hydrogens is 322 g/mol. The van der Waals surface area contributed by atoms with Gasteiger partial charge < -0.3 is 16.4 Å². The highest BCUT2D eigenvalue weighted by molar-refractivity contribution is 7.15. The molecule has 22 heavy (non-hydrogen) atoms. The van der Waals surface area contributed by atoms with Crippen LogP contribution in [0, 0.1) is 5.41 Å². The van der Waals surface area contributed by atoms with Crippen LogP contribution in [0.15, 0.2) is 30.5 Å². The first-order chi connectivity index (χ1) is 10.0. The number of halogens is 1. The number of rotatable bonds is 5. The Kier molecular flexibility index (Phi) is 6.81. The molecule has 1 aromatic carbocycles. The SMILES string of the molecule is CC(=O)Nc1ncc(CCc2ccc(NC(=N)N)cc2)s1.Cl. The fourth-order valence-electron chi connectivity index (χ4n) is 1.81. The lowest BCUT2D eigenvalue weighted by molar-refractivity contribution is -0.114. The Bertz CT molecular complexity index is 641. The second-order valence-corrected chi connectivity index (χ2v) is 5.66. The number of amides is 1. The number of nitrogens with zero attached hydrogens (tertiary/aromatic N) is 1. The van der Waals surface area contributed by atoms with Crippen molar-refractivity contribution in [1.82, 2.24) is 4.98 Å². The van der Waals surface area contributed by atoms with Crippen molar-refractivity contribution in [3.05, 3.63) is 40.9 Å². The van der Waals surface area contributed by atoms with E-state index >= 15 is 0 Å². The Morgan fingerprint density at radius 1 is 1.27 bits per heavy atom. The number of carbonyl (C=O) groups is 1. The number of nitrogens with two attached hydrogens (primary N) is 1. The maximum absolute atomic E-state index is 10.9. The maximum atomic E-state index is 10.9. The Morgan fingerprint density at radius 3 is 2.55 bits per heavy atom. The molecule has 1 heterocycles. The predicted molar refractivity (Wildman–Crippen MR) is 93.1 cm³/mol. The number of thiazole rings is 1. The van der Waals surface area contributed by atoms with Gasteiger partial charge >= 0.3 is 0 Å². The van der Waals surface area contributed by atoms with Gasteiger partial charge in [0.05, 0.1) is 0 Å². The number of anilines is 2. The Morgan fingerprint density at radius 2 is 1.95 bits per heavy atom. The van der Waals surface area contributed by atoms with Crippen LogP contribution in [0.3, 0.4) is 0 Å². The van der Waals surface area contributed by atoms with Crippen LogP contribution < -0.4 is 16.4 Å². The third kappa shape index (κ3) is 5.71. The number of carbonyl (C=O) groups excluding carboxylic acids is 1. The summed E-state index contributed by atoms with van der Waals surface area (Å²) < 4.78 is 0. The Hall–Kier alpha value is -2.12. The summed E-state index contributed by atoms with van der Waals surface area (Å²) in [5.41, 5.74) is 7.27. The topological polar surface area (TPSA) is 104 Å². The zero-order chi connectivity index (χ0) is 15.2. The molecule has 1 amide bonds. The molecule has 2 rings (SSSR count). The van der Waals surface area contributed by atoms with Gasteiger partial charge in [0.15, 0.2) is 11.1 Å². The molecule has 0 unspecified atom stereocenters. The largest absolute Gasteiger partial charge is 0.370 e. The zero-order valence-corrected chi connectivity index (χ0v) is 13.7. The summed E-state index contributed by atoms with van der Waals surface area (Å²) in [5.74, 6) is -0.178. The Labute approximate surface area is 139 Å². The molecule has 0 fully saturated rings. The molecule has 0 aliphatic carbocycles. The van der Waals surface area contributed by atoms with Crippen LogP contribution in [0.5, 0.6) is 0 Å². The minimum atomic E-state index is -0.107. The van der Waals surface area contributed by atoms with Crippen molar-refractivity contribution in [3.8, 4) is 0 Å². The molecule has 0 saturated carbocycles. The van der Waals surface area contributed by atoms with E-state index in [2.05, 4.69) is 15.6 Å². The van der Waals surface area contributed by atoms with Gasteiger partial charge in [-0.1, -0.05) is 12.1 Å². The van der Waals surface area contributed by atoms with Crippen molar-refractivity contribution in [1.29, 1.82) is 5.41 Å². The molecule has 0 spiro atoms. The van der Waals surface area contributed by atoms with Gasteiger partial charge in [0.1, 0.15) is 0 Å². The number of nitrogens with one attached hydrogen (secondary N) is 3. The fraction of sp³-hybridized carbons (Fsp3) is 0.214. The molecule has 1 aromatic heterocycles. The van der Waals surface area contributed by atoms with Crippen LogP contribution in [0.2, 0.25) is 0 Å². The first kappa shape index (κ1) is 17.9. The van der Waals surface area contributed by atoms with E-state index in [1.165, 1.54) is 23.8 Å². The normalized spacial score (nSPS) is 9.68. The van der Waals surface area contributed by atoms with Gasteiger partial charge in [0.25, 0.3) is 0 Å². The highest BCUT2D eigenvalue weighted by atomic mass is 35.5. The van der Waals surface area contributed by atoms with Crippen molar-refractivity contribution >= 4 is 46.4 Å². The molecule has 0 aliphatic heterocycles. The average Bonchev–Trinajstić information content (AvgIpc) is 2.84. The van der Waals surface area contributed by atoms with Crippen LogP contribution in [0.25, 0.3) is 0 Å². The number of aryl methyl sites for hydroxylation is 2. The minimum Gasteiger partial charge on any atom is -0.370 e.